The number of hydrogen-bond acceptors (Lipinski definition) is 6. The van der Waals surface area contributed by atoms with Gasteiger partial charge in [-0.05, 0) is 13.5 Å². The van der Waals surface area contributed by atoms with E-state index < -0.39 is 10.0 Å². The van der Waals surface area contributed by atoms with Gasteiger partial charge in [-0.25, -0.2) is 23.1 Å². The fraction of sp³-hybridized carbons (Fsp3) is 0.636. The zero-order valence-corrected chi connectivity index (χ0v) is 12.9. The Labute approximate surface area is 118 Å². The third-order valence-electron chi connectivity index (χ3n) is 2.30. The molecule has 0 aromatic carbocycles. The highest BCUT2D eigenvalue weighted by Crippen LogP contribution is 2.12. The highest BCUT2D eigenvalue weighted by Gasteiger charge is 2.05. The Bertz CT molecular complexity index is 462. The van der Waals surface area contributed by atoms with Crippen molar-refractivity contribution in [2.75, 3.05) is 25.1 Å². The molecule has 19 heavy (non-hydrogen) atoms. The Balaban J connectivity index is 2.30. The molecule has 8 heteroatoms. The maximum absolute atomic E-state index is 11.2. The molecule has 0 fully saturated rings. The molecule has 2 N–H and O–H groups in total. The largest absolute Gasteiger partial charge is 0.311 e. The number of thioether (sulfide) groups is 1. The molecule has 0 amide bonds. The van der Waals surface area contributed by atoms with Crippen molar-refractivity contribution in [3.05, 3.63) is 18.0 Å². The van der Waals surface area contributed by atoms with Crippen molar-refractivity contribution in [2.24, 2.45) is 0 Å². The number of sulfonamides is 1. The predicted octanol–water partition coefficient (Wildman–Crippen LogP) is 0.618. The number of nitrogens with one attached hydrogen (secondary N) is 2. The second-order valence-electron chi connectivity index (χ2n) is 3.92. The van der Waals surface area contributed by atoms with Crippen LogP contribution in [0.25, 0.3) is 0 Å². The Morgan fingerprint density at radius 3 is 2.58 bits per heavy atom. The van der Waals surface area contributed by atoms with Crippen LogP contribution in [-0.2, 0) is 16.6 Å². The smallest absolute Gasteiger partial charge is 0.212 e. The van der Waals surface area contributed by atoms with Crippen LogP contribution in [0, 0.1) is 0 Å². The molecule has 0 radical (unpaired) electrons. The standard InChI is InChI=1S/C11H20N4O2S2/c1-3-5-18-11-14-8-10(9-15-11)7-13-4-6-19(16,17)12-2/h8-9,12-13H,3-7H2,1-2H3. The van der Waals surface area contributed by atoms with Crippen molar-refractivity contribution >= 4 is 21.8 Å². The minimum Gasteiger partial charge on any atom is -0.311 e. The van der Waals surface area contributed by atoms with E-state index in [9.17, 15) is 8.42 Å². The Morgan fingerprint density at radius 1 is 1.32 bits per heavy atom. The summed E-state index contributed by atoms with van der Waals surface area (Å²) in [5.74, 6) is 1.08. The maximum atomic E-state index is 11.2. The van der Waals surface area contributed by atoms with Crippen molar-refractivity contribution in [2.45, 2.75) is 25.0 Å². The second-order valence-corrected chi connectivity index (χ2v) is 7.03. The summed E-state index contributed by atoms with van der Waals surface area (Å²) in [5, 5.41) is 3.83. The van der Waals surface area contributed by atoms with Gasteiger partial charge in [0.05, 0.1) is 5.75 Å². The molecule has 0 spiro atoms. The molecule has 0 aliphatic heterocycles. The van der Waals surface area contributed by atoms with Crippen LogP contribution in [0.5, 0.6) is 0 Å². The fourth-order valence-corrected chi connectivity index (χ4v) is 2.50. The van der Waals surface area contributed by atoms with Crippen LogP contribution in [0.3, 0.4) is 0 Å². The van der Waals surface area contributed by atoms with E-state index >= 15 is 0 Å². The number of hydrogen-bond donors (Lipinski definition) is 2. The van der Waals surface area contributed by atoms with Crippen molar-refractivity contribution < 1.29 is 8.42 Å². The molecular weight excluding hydrogens is 284 g/mol. The van der Waals surface area contributed by atoms with Gasteiger partial charge in [0.15, 0.2) is 5.16 Å². The minimum atomic E-state index is -3.14. The maximum Gasteiger partial charge on any atom is 0.212 e. The van der Waals surface area contributed by atoms with Gasteiger partial charge in [-0.1, -0.05) is 18.7 Å². The third kappa shape index (κ3) is 6.86. The summed E-state index contributed by atoms with van der Waals surface area (Å²) in [7, 11) is -1.73. The molecule has 0 unspecified atom stereocenters. The molecule has 1 heterocycles. The van der Waals surface area contributed by atoms with Crippen molar-refractivity contribution in [3.63, 3.8) is 0 Å². The van der Waals surface area contributed by atoms with Crippen LogP contribution >= 0.6 is 11.8 Å². The molecule has 0 saturated heterocycles. The van der Waals surface area contributed by atoms with E-state index in [1.807, 2.05) is 0 Å². The average Bonchev–Trinajstić information content (AvgIpc) is 2.42. The molecular formula is C11H20N4O2S2. The van der Waals surface area contributed by atoms with Gasteiger partial charge in [0.2, 0.25) is 10.0 Å². The van der Waals surface area contributed by atoms with Gasteiger partial charge in [-0.15, -0.1) is 0 Å². The number of nitrogens with zero attached hydrogens (tertiary/aromatic N) is 2. The molecule has 0 aliphatic carbocycles. The van der Waals surface area contributed by atoms with E-state index in [4.69, 9.17) is 0 Å². The number of rotatable bonds is 9. The van der Waals surface area contributed by atoms with Gasteiger partial charge < -0.3 is 5.32 Å². The van der Waals surface area contributed by atoms with E-state index in [1.165, 1.54) is 7.05 Å². The van der Waals surface area contributed by atoms with E-state index in [2.05, 4.69) is 26.9 Å². The molecule has 1 aromatic heterocycles. The Morgan fingerprint density at radius 2 is 2.00 bits per heavy atom. The molecule has 108 valence electrons. The average molecular weight is 304 g/mol. The van der Waals surface area contributed by atoms with Gasteiger partial charge in [-0.2, -0.15) is 0 Å². The molecule has 0 saturated carbocycles. The Hall–Kier alpha value is -0.700. The van der Waals surface area contributed by atoms with Gasteiger partial charge in [0, 0.05) is 36.8 Å². The van der Waals surface area contributed by atoms with Crippen LogP contribution in [0.4, 0.5) is 0 Å². The summed E-state index contributed by atoms with van der Waals surface area (Å²) < 4.78 is 24.6. The van der Waals surface area contributed by atoms with Crippen LogP contribution in [0.1, 0.15) is 18.9 Å². The van der Waals surface area contributed by atoms with Crippen molar-refractivity contribution in [1.82, 2.24) is 20.0 Å². The first-order valence-electron chi connectivity index (χ1n) is 6.13. The quantitative estimate of drug-likeness (QED) is 0.395. The Kier molecular flexibility index (Phi) is 7.29. The van der Waals surface area contributed by atoms with E-state index in [-0.39, 0.29) is 5.75 Å². The SMILES string of the molecule is CCCSc1ncc(CNCCS(=O)(=O)NC)cn1. The lowest BCUT2D eigenvalue weighted by molar-refractivity contribution is 0.583. The summed E-state index contributed by atoms with van der Waals surface area (Å²) in [6.07, 6.45) is 4.63. The summed E-state index contributed by atoms with van der Waals surface area (Å²) in [6.45, 7) is 3.08. The highest BCUT2D eigenvalue weighted by molar-refractivity contribution is 7.99. The van der Waals surface area contributed by atoms with Crippen LogP contribution in [0.2, 0.25) is 0 Å². The second kappa shape index (κ2) is 8.47. The van der Waals surface area contributed by atoms with E-state index in [1.54, 1.807) is 24.2 Å². The lowest BCUT2D eigenvalue weighted by atomic mass is 10.3. The van der Waals surface area contributed by atoms with Gasteiger partial charge >= 0.3 is 0 Å². The third-order valence-corrected chi connectivity index (χ3v) is 4.75. The zero-order valence-electron chi connectivity index (χ0n) is 11.2. The monoisotopic (exact) mass is 304 g/mol. The minimum absolute atomic E-state index is 0.0643. The highest BCUT2D eigenvalue weighted by atomic mass is 32.2. The normalized spacial score (nSPS) is 11.7. The first kappa shape index (κ1) is 16.4. The molecule has 0 atom stereocenters. The summed E-state index contributed by atoms with van der Waals surface area (Å²) in [5.41, 5.74) is 0.947. The first-order chi connectivity index (χ1) is 9.07. The van der Waals surface area contributed by atoms with Crippen LogP contribution < -0.4 is 10.0 Å². The summed E-state index contributed by atoms with van der Waals surface area (Å²) in [6, 6.07) is 0. The predicted molar refractivity (Wildman–Crippen MR) is 77.6 cm³/mol. The van der Waals surface area contributed by atoms with E-state index in [0.717, 1.165) is 22.9 Å². The zero-order chi connectivity index (χ0) is 14.1. The number of aromatic nitrogens is 2. The molecule has 0 aliphatic rings. The van der Waals surface area contributed by atoms with Crippen LogP contribution in [-0.4, -0.2) is 43.5 Å². The fourth-order valence-electron chi connectivity index (χ4n) is 1.24. The topological polar surface area (TPSA) is 84.0 Å². The van der Waals surface area contributed by atoms with Gasteiger partial charge in [0.25, 0.3) is 0 Å². The van der Waals surface area contributed by atoms with E-state index in [0.29, 0.717) is 13.1 Å². The molecule has 0 bridgehead atoms. The van der Waals surface area contributed by atoms with Crippen molar-refractivity contribution in [1.29, 1.82) is 0 Å². The van der Waals surface area contributed by atoms with Gasteiger partial charge in [-0.3, -0.25) is 0 Å². The lowest BCUT2D eigenvalue weighted by Gasteiger charge is -2.05. The molecule has 1 rings (SSSR count). The van der Waals surface area contributed by atoms with Crippen molar-refractivity contribution in [3.8, 4) is 0 Å². The summed E-state index contributed by atoms with van der Waals surface area (Å²) in [4.78, 5) is 8.48. The first-order valence-corrected chi connectivity index (χ1v) is 8.77. The summed E-state index contributed by atoms with van der Waals surface area (Å²) >= 11 is 1.63. The van der Waals surface area contributed by atoms with Gasteiger partial charge in [0.1, 0.15) is 0 Å². The lowest BCUT2D eigenvalue weighted by Crippen LogP contribution is -2.29. The molecule has 6 nitrogen and oxygen atoms in total. The molecule has 1 aromatic rings. The van der Waals surface area contributed by atoms with Crippen LogP contribution in [0.15, 0.2) is 17.6 Å².